The number of benzene rings is 2. The Morgan fingerprint density at radius 1 is 0.673 bits per heavy atom. The van der Waals surface area contributed by atoms with Crippen LogP contribution in [0.1, 0.15) is 6.92 Å². The van der Waals surface area contributed by atoms with Crippen LogP contribution in [-0.2, 0) is 18.9 Å². The maximum atomic E-state index is 14.0. The van der Waals surface area contributed by atoms with E-state index in [1.54, 1.807) is 0 Å². The molecular weight excluding hydrogens is 744 g/mol. The summed E-state index contributed by atoms with van der Waals surface area (Å²) in [6.45, 7) is 0.330. The molecule has 0 aliphatic carbocycles. The Kier molecular flexibility index (Phi) is 12.1. The fourth-order valence-corrected chi connectivity index (χ4v) is 6.34. The number of phenolic OH excluding ortho intramolecular Hbond substituents is 2. The molecule has 0 unspecified atom stereocenters. The van der Waals surface area contributed by atoms with Crippen LogP contribution < -0.4 is 19.6 Å². The molecule has 3 aromatic rings. The van der Waals surface area contributed by atoms with Crippen LogP contribution in [-0.4, -0.2) is 174 Å². The first kappa shape index (κ1) is 40.7. The van der Waals surface area contributed by atoms with Gasteiger partial charge in [-0.3, -0.25) is 4.79 Å². The van der Waals surface area contributed by atoms with Crippen LogP contribution >= 0.6 is 0 Å². The van der Waals surface area contributed by atoms with Gasteiger partial charge in [0.25, 0.3) is 0 Å². The van der Waals surface area contributed by atoms with Gasteiger partial charge in [0.2, 0.25) is 17.5 Å². The maximum absolute atomic E-state index is 14.0. The highest BCUT2D eigenvalue weighted by molar-refractivity contribution is 5.88. The summed E-state index contributed by atoms with van der Waals surface area (Å²) in [5.74, 6) is -2.27. The molecule has 15 atom stereocenters. The highest BCUT2D eigenvalue weighted by Gasteiger charge is 2.48. The highest BCUT2D eigenvalue weighted by Crippen LogP contribution is 2.40. The standard InChI is InChI=1S/C34H42O21/c1-10-20(37)24(41)28(45)33(51-10)50-9-18-22(39)26(43)29(46)34(54-18)55-31-23(40)19-13(36)6-12(35)7-16(19)52-30(31)11-3-4-14(15(5-11)48-2)49-8-17-21(38)25(42)27(44)32(47)53-17/h3-7,10,17-18,20-22,24-29,32-39,41-47H,8-9H2,1-2H3/t10-,17+,18+,20-,21+,22+,24+,25-,26-,27+,28+,29+,32+,33+,34-/m0/s1. The maximum Gasteiger partial charge on any atom is 0.239 e. The van der Waals surface area contributed by atoms with Crippen molar-refractivity contribution in [3.05, 3.63) is 40.6 Å². The van der Waals surface area contributed by atoms with Gasteiger partial charge in [0.15, 0.2) is 29.8 Å². The smallest absolute Gasteiger partial charge is 0.239 e. The van der Waals surface area contributed by atoms with E-state index in [1.807, 2.05) is 0 Å². The predicted octanol–water partition coefficient (Wildman–Crippen LogP) is -3.91. The monoisotopic (exact) mass is 786 g/mol. The molecule has 3 saturated heterocycles. The Labute approximate surface area is 309 Å². The van der Waals surface area contributed by atoms with Gasteiger partial charge in [-0.1, -0.05) is 0 Å². The van der Waals surface area contributed by atoms with E-state index < -0.39 is 133 Å². The SMILES string of the molecule is COc1cc(-c2oc3cc(O)cc(O)c3c(=O)c2O[C@@H]2O[C@H](CO[C@@H]3O[C@@H](C)[C@H](O)[C@@H](O)[C@H]3O)[C@@H](O)[C@H](O)[C@H]2O)ccc1OC[C@H]1O[C@@H](O)[C@H](O)[C@@H](O)[C@@H]1O. The number of ether oxygens (including phenoxy) is 7. The average molecular weight is 787 g/mol. The number of rotatable bonds is 10. The van der Waals surface area contributed by atoms with Crippen LogP contribution in [0.25, 0.3) is 22.3 Å². The fraction of sp³-hybridized carbons (Fsp3) is 0.559. The van der Waals surface area contributed by atoms with Crippen molar-refractivity contribution in [3.63, 3.8) is 0 Å². The lowest BCUT2D eigenvalue weighted by molar-refractivity contribution is -0.318. The molecule has 0 saturated carbocycles. The van der Waals surface area contributed by atoms with E-state index in [4.69, 9.17) is 37.6 Å². The zero-order valence-electron chi connectivity index (χ0n) is 29.0. The van der Waals surface area contributed by atoms with Gasteiger partial charge in [-0.25, -0.2) is 0 Å². The molecule has 0 bridgehead atoms. The molecule has 6 rings (SSSR count). The van der Waals surface area contributed by atoms with Crippen molar-refractivity contribution in [2.75, 3.05) is 20.3 Å². The molecule has 304 valence electrons. The largest absolute Gasteiger partial charge is 0.508 e. The number of hydrogen-bond donors (Lipinski definition) is 12. The summed E-state index contributed by atoms with van der Waals surface area (Å²) in [5, 5.41) is 123. The summed E-state index contributed by atoms with van der Waals surface area (Å²) in [4.78, 5) is 14.0. The molecule has 21 heteroatoms. The van der Waals surface area contributed by atoms with Crippen LogP contribution in [0.15, 0.2) is 39.5 Å². The van der Waals surface area contributed by atoms with Gasteiger partial charge in [-0.2, -0.15) is 0 Å². The van der Waals surface area contributed by atoms with Gasteiger partial charge in [0.1, 0.15) is 96.2 Å². The van der Waals surface area contributed by atoms with Crippen molar-refractivity contribution in [1.29, 1.82) is 0 Å². The molecule has 3 fully saturated rings. The van der Waals surface area contributed by atoms with Gasteiger partial charge in [-0.05, 0) is 25.1 Å². The lowest BCUT2D eigenvalue weighted by Gasteiger charge is -2.42. The van der Waals surface area contributed by atoms with Gasteiger partial charge >= 0.3 is 0 Å². The van der Waals surface area contributed by atoms with Crippen molar-refractivity contribution in [2.45, 2.75) is 99.0 Å². The van der Waals surface area contributed by atoms with Crippen LogP contribution in [0.5, 0.6) is 28.7 Å². The summed E-state index contributed by atoms with van der Waals surface area (Å²) in [7, 11) is 1.26. The molecule has 0 radical (unpaired) electrons. The van der Waals surface area contributed by atoms with Crippen molar-refractivity contribution >= 4 is 11.0 Å². The third kappa shape index (κ3) is 7.90. The molecule has 0 amide bonds. The summed E-state index contributed by atoms with van der Waals surface area (Å²) in [6, 6.07) is 5.87. The first-order valence-electron chi connectivity index (χ1n) is 16.9. The number of aliphatic hydroxyl groups excluding tert-OH is 10. The van der Waals surface area contributed by atoms with E-state index in [9.17, 15) is 66.1 Å². The minimum Gasteiger partial charge on any atom is -0.508 e. The number of aromatic hydroxyl groups is 2. The first-order chi connectivity index (χ1) is 26.0. The molecule has 4 heterocycles. The van der Waals surface area contributed by atoms with E-state index in [-0.39, 0.29) is 28.4 Å². The zero-order chi connectivity index (χ0) is 40.0. The Morgan fingerprint density at radius 3 is 2.00 bits per heavy atom. The van der Waals surface area contributed by atoms with Crippen molar-refractivity contribution in [1.82, 2.24) is 0 Å². The van der Waals surface area contributed by atoms with E-state index in [0.717, 1.165) is 12.1 Å². The number of phenols is 2. The minimum atomic E-state index is -2.02. The minimum absolute atomic E-state index is 0.0137. The quantitative estimate of drug-likeness (QED) is 0.0934. The first-order valence-corrected chi connectivity index (χ1v) is 16.9. The fourth-order valence-electron chi connectivity index (χ4n) is 6.34. The van der Waals surface area contributed by atoms with Crippen LogP contribution in [0.3, 0.4) is 0 Å². The van der Waals surface area contributed by atoms with E-state index in [0.29, 0.717) is 0 Å². The third-order valence-electron chi connectivity index (χ3n) is 9.57. The highest BCUT2D eigenvalue weighted by atomic mass is 16.7. The third-order valence-corrected chi connectivity index (χ3v) is 9.57. The van der Waals surface area contributed by atoms with E-state index >= 15 is 0 Å². The number of methoxy groups -OCH3 is 1. The molecule has 0 spiro atoms. The van der Waals surface area contributed by atoms with Crippen molar-refractivity contribution in [3.8, 4) is 40.1 Å². The Hall–Kier alpha value is -3.91. The molecule has 55 heavy (non-hydrogen) atoms. The van der Waals surface area contributed by atoms with Gasteiger partial charge < -0.3 is 98.9 Å². The van der Waals surface area contributed by atoms with Gasteiger partial charge in [-0.15, -0.1) is 0 Å². The zero-order valence-corrected chi connectivity index (χ0v) is 29.0. The number of hydrogen-bond acceptors (Lipinski definition) is 21. The second kappa shape index (κ2) is 16.3. The van der Waals surface area contributed by atoms with E-state index in [2.05, 4.69) is 0 Å². The second-order valence-corrected chi connectivity index (χ2v) is 13.3. The predicted molar refractivity (Wildman–Crippen MR) is 178 cm³/mol. The normalized spacial score (nSPS) is 36.8. The molecule has 21 nitrogen and oxygen atoms in total. The molecule has 12 N–H and O–H groups in total. The summed E-state index contributed by atoms with van der Waals surface area (Å²) < 4.78 is 44.7. The topological polar surface area (TPSA) is 338 Å². The summed E-state index contributed by atoms with van der Waals surface area (Å²) in [5.41, 5.74) is -1.32. The summed E-state index contributed by atoms with van der Waals surface area (Å²) >= 11 is 0. The molecule has 1 aromatic heterocycles. The molecule has 3 aliphatic rings. The Balaban J connectivity index is 1.30. The van der Waals surface area contributed by atoms with Crippen LogP contribution in [0, 0.1) is 0 Å². The number of aliphatic hydroxyl groups is 10. The Bertz CT molecular complexity index is 1870. The lowest BCUT2D eigenvalue weighted by atomic mass is 9.98. The summed E-state index contributed by atoms with van der Waals surface area (Å²) in [6.07, 6.45) is -24.8. The van der Waals surface area contributed by atoms with Crippen molar-refractivity contribution in [2.24, 2.45) is 0 Å². The average Bonchev–Trinajstić information content (AvgIpc) is 3.15. The lowest BCUT2D eigenvalue weighted by Crippen LogP contribution is -2.61. The van der Waals surface area contributed by atoms with Crippen molar-refractivity contribution < 1.29 is 98.9 Å². The van der Waals surface area contributed by atoms with Crippen LogP contribution in [0.2, 0.25) is 0 Å². The van der Waals surface area contributed by atoms with E-state index in [1.165, 1.54) is 32.2 Å². The number of fused-ring (bicyclic) bond motifs is 1. The van der Waals surface area contributed by atoms with Gasteiger partial charge in [0, 0.05) is 17.7 Å². The second-order valence-electron chi connectivity index (χ2n) is 13.3. The van der Waals surface area contributed by atoms with Crippen LogP contribution in [0.4, 0.5) is 0 Å². The molecular formula is C34H42O21. The molecule has 2 aromatic carbocycles. The molecule has 3 aliphatic heterocycles. The van der Waals surface area contributed by atoms with Gasteiger partial charge in [0.05, 0.1) is 19.8 Å². The Morgan fingerprint density at radius 2 is 1.31 bits per heavy atom.